The highest BCUT2D eigenvalue weighted by atomic mass is 16.6. The van der Waals surface area contributed by atoms with Crippen LogP contribution >= 0.6 is 0 Å². The minimum absolute atomic E-state index is 0.140. The normalized spacial score (nSPS) is 14.1. The number of fused-ring (bicyclic) bond motifs is 1. The SMILES string of the molecule is COc1cc2c(cc1OC)C(O)=C([N+](=O)[O-])C(=O)C2=O. The van der Waals surface area contributed by atoms with E-state index in [4.69, 9.17) is 9.47 Å². The van der Waals surface area contributed by atoms with Gasteiger partial charge in [-0.1, -0.05) is 0 Å². The van der Waals surface area contributed by atoms with E-state index in [1.807, 2.05) is 0 Å². The molecule has 0 unspecified atom stereocenters. The van der Waals surface area contributed by atoms with Gasteiger partial charge in [0.05, 0.1) is 19.1 Å². The number of benzene rings is 1. The Bertz CT molecular complexity index is 675. The molecule has 0 spiro atoms. The largest absolute Gasteiger partial charge is 0.502 e. The summed E-state index contributed by atoms with van der Waals surface area (Å²) in [6, 6.07) is 2.40. The van der Waals surface area contributed by atoms with Crippen LogP contribution in [0.15, 0.2) is 17.8 Å². The molecule has 0 atom stereocenters. The van der Waals surface area contributed by atoms with E-state index in [1.165, 1.54) is 26.4 Å². The number of hydrogen-bond donors (Lipinski definition) is 1. The molecule has 8 nitrogen and oxygen atoms in total. The van der Waals surface area contributed by atoms with Crippen molar-refractivity contribution in [2.75, 3.05) is 14.2 Å². The zero-order valence-corrected chi connectivity index (χ0v) is 10.5. The number of Topliss-reactive ketones (excluding diaryl/α,β-unsaturated/α-hetero) is 2. The monoisotopic (exact) mass is 279 g/mol. The first-order valence-electron chi connectivity index (χ1n) is 5.35. The number of hydrogen-bond acceptors (Lipinski definition) is 7. The van der Waals surface area contributed by atoms with E-state index in [0.29, 0.717) is 0 Å². The van der Waals surface area contributed by atoms with Gasteiger partial charge in [-0.25, -0.2) is 0 Å². The second-order valence-corrected chi connectivity index (χ2v) is 3.87. The van der Waals surface area contributed by atoms with Crippen molar-refractivity contribution in [1.29, 1.82) is 0 Å². The number of nitrogens with zero attached hydrogens (tertiary/aromatic N) is 1. The van der Waals surface area contributed by atoms with Crippen molar-refractivity contribution >= 4 is 17.3 Å². The Balaban J connectivity index is 2.80. The van der Waals surface area contributed by atoms with Gasteiger partial charge < -0.3 is 14.6 Å². The third kappa shape index (κ3) is 1.78. The Hall–Kier alpha value is -2.90. The van der Waals surface area contributed by atoms with Gasteiger partial charge in [0.2, 0.25) is 11.5 Å². The molecule has 0 amide bonds. The summed E-state index contributed by atoms with van der Waals surface area (Å²) >= 11 is 0. The summed E-state index contributed by atoms with van der Waals surface area (Å²) in [5, 5.41) is 20.6. The van der Waals surface area contributed by atoms with E-state index in [-0.39, 0.29) is 22.6 Å². The molecule has 0 aromatic heterocycles. The van der Waals surface area contributed by atoms with Crippen molar-refractivity contribution in [1.82, 2.24) is 0 Å². The number of carbonyl (C=O) groups is 2. The maximum Gasteiger partial charge on any atom is 0.362 e. The highest BCUT2D eigenvalue weighted by Crippen LogP contribution is 2.36. The van der Waals surface area contributed by atoms with E-state index in [1.54, 1.807) is 0 Å². The molecular formula is C12H9NO7. The first-order valence-corrected chi connectivity index (χ1v) is 5.35. The Morgan fingerprint density at radius 1 is 1.05 bits per heavy atom. The standard InChI is InChI=1S/C12H9NO7/c1-19-7-3-5-6(4-8(7)20-2)11(15)12(16)9(10(5)14)13(17)18/h3-4,14H,1-2H3. The van der Waals surface area contributed by atoms with Crippen molar-refractivity contribution in [2.45, 2.75) is 0 Å². The van der Waals surface area contributed by atoms with Gasteiger partial charge in [-0.05, 0) is 12.1 Å². The van der Waals surface area contributed by atoms with Crippen LogP contribution in [-0.2, 0) is 4.79 Å². The Morgan fingerprint density at radius 3 is 2.00 bits per heavy atom. The molecule has 0 radical (unpaired) electrons. The summed E-state index contributed by atoms with van der Waals surface area (Å²) in [7, 11) is 2.66. The molecule has 1 N–H and O–H groups in total. The quantitative estimate of drug-likeness (QED) is 0.497. The van der Waals surface area contributed by atoms with Crippen LogP contribution in [0.25, 0.3) is 5.76 Å². The molecule has 0 saturated carbocycles. The van der Waals surface area contributed by atoms with E-state index >= 15 is 0 Å². The lowest BCUT2D eigenvalue weighted by Gasteiger charge is -2.16. The summed E-state index contributed by atoms with van der Waals surface area (Å²) in [6.07, 6.45) is 0. The summed E-state index contributed by atoms with van der Waals surface area (Å²) in [4.78, 5) is 33.1. The highest BCUT2D eigenvalue weighted by Gasteiger charge is 2.41. The number of methoxy groups -OCH3 is 2. The van der Waals surface area contributed by atoms with Gasteiger partial charge in [-0.3, -0.25) is 19.7 Å². The zero-order valence-electron chi connectivity index (χ0n) is 10.5. The molecule has 0 saturated heterocycles. The second-order valence-electron chi connectivity index (χ2n) is 3.87. The fraction of sp³-hybridized carbons (Fsp3) is 0.167. The molecule has 0 heterocycles. The second kappa shape index (κ2) is 4.65. The van der Waals surface area contributed by atoms with E-state index in [9.17, 15) is 24.8 Å². The van der Waals surface area contributed by atoms with Crippen LogP contribution < -0.4 is 9.47 Å². The van der Waals surface area contributed by atoms with E-state index in [2.05, 4.69) is 0 Å². The first-order chi connectivity index (χ1) is 9.42. The fourth-order valence-electron chi connectivity index (χ4n) is 1.90. The van der Waals surface area contributed by atoms with Crippen LogP contribution in [0.3, 0.4) is 0 Å². The topological polar surface area (TPSA) is 116 Å². The minimum atomic E-state index is -1.37. The molecule has 0 bridgehead atoms. The maximum atomic E-state index is 11.8. The van der Waals surface area contributed by atoms with Crippen molar-refractivity contribution < 1.29 is 29.1 Å². The summed E-state index contributed by atoms with van der Waals surface area (Å²) in [5.74, 6) is -2.97. The number of aliphatic hydroxyl groups is 1. The number of ether oxygens (including phenoxy) is 2. The predicted molar refractivity (Wildman–Crippen MR) is 65.4 cm³/mol. The molecule has 1 aliphatic carbocycles. The summed E-state index contributed by atoms with van der Waals surface area (Å²) in [5.41, 5.74) is -1.45. The van der Waals surface area contributed by atoms with Crippen LogP contribution in [0.2, 0.25) is 0 Å². The third-order valence-corrected chi connectivity index (χ3v) is 2.85. The van der Waals surface area contributed by atoms with E-state index < -0.39 is 27.9 Å². The Morgan fingerprint density at radius 2 is 1.55 bits per heavy atom. The molecular weight excluding hydrogens is 270 g/mol. The van der Waals surface area contributed by atoms with Crippen LogP contribution in [0.1, 0.15) is 15.9 Å². The lowest BCUT2D eigenvalue weighted by Crippen LogP contribution is -2.28. The molecule has 0 aliphatic heterocycles. The Labute approximate surface area is 112 Å². The van der Waals surface area contributed by atoms with Gasteiger partial charge in [0.1, 0.15) is 0 Å². The number of carbonyl (C=O) groups excluding carboxylic acids is 2. The van der Waals surface area contributed by atoms with Crippen LogP contribution in [0, 0.1) is 10.1 Å². The number of nitro groups is 1. The van der Waals surface area contributed by atoms with Crippen molar-refractivity contribution in [3.8, 4) is 11.5 Å². The minimum Gasteiger partial charge on any atom is -0.502 e. The zero-order chi connectivity index (χ0) is 15.0. The highest BCUT2D eigenvalue weighted by molar-refractivity contribution is 6.51. The molecule has 20 heavy (non-hydrogen) atoms. The Kier molecular flexibility index (Phi) is 3.15. The summed E-state index contributed by atoms with van der Waals surface area (Å²) < 4.78 is 9.96. The molecule has 1 aliphatic rings. The number of rotatable bonds is 3. The van der Waals surface area contributed by atoms with Gasteiger partial charge in [0.25, 0.3) is 0 Å². The lowest BCUT2D eigenvalue weighted by molar-refractivity contribution is -0.418. The average Bonchev–Trinajstić information content (AvgIpc) is 2.43. The van der Waals surface area contributed by atoms with Gasteiger partial charge in [-0.15, -0.1) is 0 Å². The fourth-order valence-corrected chi connectivity index (χ4v) is 1.90. The molecule has 104 valence electrons. The summed E-state index contributed by atoms with van der Waals surface area (Å²) in [6.45, 7) is 0. The van der Waals surface area contributed by atoms with E-state index in [0.717, 1.165) is 0 Å². The van der Waals surface area contributed by atoms with Crippen LogP contribution in [0.5, 0.6) is 11.5 Å². The van der Waals surface area contributed by atoms with Gasteiger partial charge in [0, 0.05) is 11.1 Å². The maximum absolute atomic E-state index is 11.8. The van der Waals surface area contributed by atoms with Gasteiger partial charge in [0.15, 0.2) is 11.5 Å². The first kappa shape index (κ1) is 13.5. The lowest BCUT2D eigenvalue weighted by atomic mass is 9.91. The van der Waals surface area contributed by atoms with Gasteiger partial charge >= 0.3 is 11.5 Å². The molecule has 0 fully saturated rings. The average molecular weight is 279 g/mol. The number of aliphatic hydroxyl groups excluding tert-OH is 1. The van der Waals surface area contributed by atoms with Crippen molar-refractivity contribution in [3.63, 3.8) is 0 Å². The molecule has 1 aromatic carbocycles. The van der Waals surface area contributed by atoms with Crippen LogP contribution in [0.4, 0.5) is 0 Å². The van der Waals surface area contributed by atoms with Crippen LogP contribution in [-0.4, -0.2) is 35.8 Å². The van der Waals surface area contributed by atoms with Crippen molar-refractivity contribution in [3.05, 3.63) is 39.1 Å². The van der Waals surface area contributed by atoms with Gasteiger partial charge in [-0.2, -0.15) is 0 Å². The molecule has 2 rings (SSSR count). The smallest absolute Gasteiger partial charge is 0.362 e. The molecule has 1 aromatic rings. The molecule has 8 heteroatoms. The third-order valence-electron chi connectivity index (χ3n) is 2.85. The predicted octanol–water partition coefficient (Wildman–Crippen LogP) is 0.972. The number of ketones is 2. The van der Waals surface area contributed by atoms with Crippen molar-refractivity contribution in [2.24, 2.45) is 0 Å². The number of allylic oxidation sites excluding steroid dienone is 1.